The molecular formula is C21H14ClF2N3O. The molecule has 0 aliphatic rings. The van der Waals surface area contributed by atoms with E-state index in [1.807, 2.05) is 30.3 Å². The van der Waals surface area contributed by atoms with Crippen LogP contribution in [0.25, 0.3) is 11.5 Å². The predicted octanol–water partition coefficient (Wildman–Crippen LogP) is 5.87. The standard InChI is InChI=1S/C21H14ClF2N3O/c22-16-12-14(23)10-11-18(16)25-19(15-8-4-5-9-17(15)24)21-27-26-20(28-21)13-6-2-1-3-7-13/h1-12,19,25H/t19-/m1/s1. The van der Waals surface area contributed by atoms with Gasteiger partial charge in [0.2, 0.25) is 11.8 Å². The van der Waals surface area contributed by atoms with E-state index in [2.05, 4.69) is 15.5 Å². The first-order chi connectivity index (χ1) is 13.6. The molecule has 3 aromatic carbocycles. The maximum atomic E-state index is 14.5. The molecule has 140 valence electrons. The number of nitrogens with one attached hydrogen (secondary N) is 1. The van der Waals surface area contributed by atoms with Crippen molar-refractivity contribution in [1.82, 2.24) is 10.2 Å². The third-order valence-corrected chi connectivity index (χ3v) is 4.47. The van der Waals surface area contributed by atoms with Crippen molar-refractivity contribution in [3.05, 3.63) is 101 Å². The van der Waals surface area contributed by atoms with Gasteiger partial charge in [-0.3, -0.25) is 0 Å². The summed E-state index contributed by atoms with van der Waals surface area (Å²) in [4.78, 5) is 0. The molecule has 0 saturated carbocycles. The minimum absolute atomic E-state index is 0.157. The maximum Gasteiger partial charge on any atom is 0.247 e. The van der Waals surface area contributed by atoms with Crippen LogP contribution in [0.5, 0.6) is 0 Å². The molecule has 0 aliphatic carbocycles. The molecule has 0 spiro atoms. The van der Waals surface area contributed by atoms with Gasteiger partial charge in [-0.05, 0) is 36.4 Å². The summed E-state index contributed by atoms with van der Waals surface area (Å²) in [6, 6.07) is 18.6. The minimum atomic E-state index is -0.811. The molecule has 1 N–H and O–H groups in total. The molecule has 4 aromatic rings. The van der Waals surface area contributed by atoms with Crippen molar-refractivity contribution in [2.24, 2.45) is 0 Å². The van der Waals surface area contributed by atoms with Crippen molar-refractivity contribution in [3.8, 4) is 11.5 Å². The summed E-state index contributed by atoms with van der Waals surface area (Å²) in [5.74, 6) is -0.451. The number of hydrogen-bond donors (Lipinski definition) is 1. The average Bonchev–Trinajstić information content (AvgIpc) is 3.19. The van der Waals surface area contributed by atoms with E-state index in [1.165, 1.54) is 24.3 Å². The van der Waals surface area contributed by atoms with E-state index in [9.17, 15) is 8.78 Å². The average molecular weight is 398 g/mol. The number of aromatic nitrogens is 2. The molecule has 0 bridgehead atoms. The van der Waals surface area contributed by atoms with Crippen LogP contribution in [0, 0.1) is 11.6 Å². The first kappa shape index (κ1) is 18.1. The van der Waals surface area contributed by atoms with E-state index in [4.69, 9.17) is 16.0 Å². The summed E-state index contributed by atoms with van der Waals surface area (Å²) >= 11 is 6.13. The fourth-order valence-corrected chi connectivity index (χ4v) is 3.01. The van der Waals surface area contributed by atoms with Crippen LogP contribution in [0.3, 0.4) is 0 Å². The van der Waals surface area contributed by atoms with Crippen LogP contribution in [0.15, 0.2) is 77.2 Å². The highest BCUT2D eigenvalue weighted by atomic mass is 35.5. The molecule has 0 fully saturated rings. The Bertz CT molecular complexity index is 1100. The Balaban J connectivity index is 1.76. The Morgan fingerprint density at radius 3 is 2.39 bits per heavy atom. The molecule has 0 unspecified atom stereocenters. The van der Waals surface area contributed by atoms with Gasteiger partial charge in [-0.25, -0.2) is 8.78 Å². The predicted molar refractivity (Wildman–Crippen MR) is 103 cm³/mol. The van der Waals surface area contributed by atoms with Crippen LogP contribution in [-0.2, 0) is 0 Å². The van der Waals surface area contributed by atoms with Gasteiger partial charge in [0.25, 0.3) is 0 Å². The van der Waals surface area contributed by atoms with Crippen molar-refractivity contribution >= 4 is 17.3 Å². The monoisotopic (exact) mass is 397 g/mol. The highest BCUT2D eigenvalue weighted by molar-refractivity contribution is 6.33. The zero-order valence-corrected chi connectivity index (χ0v) is 15.2. The molecule has 4 nitrogen and oxygen atoms in total. The van der Waals surface area contributed by atoms with E-state index in [-0.39, 0.29) is 10.9 Å². The Morgan fingerprint density at radius 2 is 1.64 bits per heavy atom. The Morgan fingerprint density at radius 1 is 0.893 bits per heavy atom. The van der Waals surface area contributed by atoms with Gasteiger partial charge in [0, 0.05) is 11.1 Å². The van der Waals surface area contributed by atoms with E-state index >= 15 is 0 Å². The van der Waals surface area contributed by atoms with Crippen LogP contribution in [0.1, 0.15) is 17.5 Å². The molecule has 0 saturated heterocycles. The number of rotatable bonds is 5. The lowest BCUT2D eigenvalue weighted by atomic mass is 10.1. The third-order valence-electron chi connectivity index (χ3n) is 4.16. The van der Waals surface area contributed by atoms with Gasteiger partial charge in [0.05, 0.1) is 10.7 Å². The van der Waals surface area contributed by atoms with Crippen molar-refractivity contribution in [2.75, 3.05) is 5.32 Å². The molecule has 28 heavy (non-hydrogen) atoms. The molecule has 0 aliphatic heterocycles. The molecule has 4 rings (SSSR count). The molecule has 0 radical (unpaired) electrons. The zero-order chi connectivity index (χ0) is 19.5. The second-order valence-corrected chi connectivity index (χ2v) is 6.44. The molecule has 1 atom stereocenters. The largest absolute Gasteiger partial charge is 0.418 e. The molecule has 1 heterocycles. The Kier molecular flexibility index (Phi) is 5.04. The summed E-state index contributed by atoms with van der Waals surface area (Å²) in [6.45, 7) is 0. The number of hydrogen-bond acceptors (Lipinski definition) is 4. The fourth-order valence-electron chi connectivity index (χ4n) is 2.79. The summed E-state index contributed by atoms with van der Waals surface area (Å²) in [5, 5.41) is 11.4. The smallest absolute Gasteiger partial charge is 0.247 e. The van der Waals surface area contributed by atoms with Crippen LogP contribution in [-0.4, -0.2) is 10.2 Å². The van der Waals surface area contributed by atoms with Gasteiger partial charge < -0.3 is 9.73 Å². The van der Waals surface area contributed by atoms with E-state index in [0.29, 0.717) is 17.1 Å². The third kappa shape index (κ3) is 3.73. The van der Waals surface area contributed by atoms with Crippen LogP contribution in [0.4, 0.5) is 14.5 Å². The van der Waals surface area contributed by atoms with Gasteiger partial charge in [-0.1, -0.05) is 48.0 Å². The highest BCUT2D eigenvalue weighted by Crippen LogP contribution is 2.32. The number of benzene rings is 3. The highest BCUT2D eigenvalue weighted by Gasteiger charge is 2.25. The first-order valence-electron chi connectivity index (χ1n) is 8.46. The normalized spacial score (nSPS) is 12.0. The van der Waals surface area contributed by atoms with Crippen molar-refractivity contribution in [2.45, 2.75) is 6.04 Å². The maximum absolute atomic E-state index is 14.5. The zero-order valence-electron chi connectivity index (χ0n) is 14.4. The summed E-state index contributed by atoms with van der Waals surface area (Å²) in [5.41, 5.74) is 1.45. The fraction of sp³-hybridized carbons (Fsp3) is 0.0476. The van der Waals surface area contributed by atoms with Crippen LogP contribution >= 0.6 is 11.6 Å². The lowest BCUT2D eigenvalue weighted by Crippen LogP contribution is -2.15. The lowest BCUT2D eigenvalue weighted by molar-refractivity contribution is 0.485. The topological polar surface area (TPSA) is 51.0 Å². The van der Waals surface area contributed by atoms with Gasteiger partial charge in [-0.15, -0.1) is 10.2 Å². The minimum Gasteiger partial charge on any atom is -0.418 e. The van der Waals surface area contributed by atoms with Gasteiger partial charge in [0.15, 0.2) is 0 Å². The van der Waals surface area contributed by atoms with E-state index < -0.39 is 17.7 Å². The Hall–Kier alpha value is -3.25. The quantitative estimate of drug-likeness (QED) is 0.457. The summed E-state index contributed by atoms with van der Waals surface area (Å²) in [7, 11) is 0. The number of anilines is 1. The number of nitrogens with zero attached hydrogens (tertiary/aromatic N) is 2. The molecule has 0 amide bonds. The van der Waals surface area contributed by atoms with Crippen LogP contribution < -0.4 is 5.32 Å². The summed E-state index contributed by atoms with van der Waals surface area (Å²) in [6.07, 6.45) is 0. The molecule has 7 heteroatoms. The lowest BCUT2D eigenvalue weighted by Gasteiger charge is -2.18. The van der Waals surface area contributed by atoms with E-state index in [0.717, 1.165) is 5.56 Å². The first-order valence-corrected chi connectivity index (χ1v) is 8.84. The van der Waals surface area contributed by atoms with Gasteiger partial charge >= 0.3 is 0 Å². The Labute approximate surface area is 164 Å². The van der Waals surface area contributed by atoms with Gasteiger partial charge in [-0.2, -0.15) is 0 Å². The molecular weight excluding hydrogens is 384 g/mol. The van der Waals surface area contributed by atoms with E-state index in [1.54, 1.807) is 18.2 Å². The van der Waals surface area contributed by atoms with Crippen LogP contribution in [0.2, 0.25) is 5.02 Å². The van der Waals surface area contributed by atoms with Crippen molar-refractivity contribution < 1.29 is 13.2 Å². The van der Waals surface area contributed by atoms with Crippen molar-refractivity contribution in [1.29, 1.82) is 0 Å². The SMILES string of the molecule is Fc1ccc(N[C@@H](c2nnc(-c3ccccc3)o2)c2ccccc2F)c(Cl)c1. The molecule has 1 aromatic heterocycles. The second-order valence-electron chi connectivity index (χ2n) is 6.03. The second kappa shape index (κ2) is 7.78. The van der Waals surface area contributed by atoms with Crippen molar-refractivity contribution in [3.63, 3.8) is 0 Å². The number of halogens is 3. The van der Waals surface area contributed by atoms with Gasteiger partial charge in [0.1, 0.15) is 17.7 Å². The summed E-state index contributed by atoms with van der Waals surface area (Å²) < 4.78 is 33.7.